The average molecular weight is 495 g/mol. The molecule has 0 spiro atoms. The molecule has 3 aromatic rings. The number of nitrogens with zero attached hydrogens (tertiary/aromatic N) is 2. The van der Waals surface area contributed by atoms with E-state index in [4.69, 9.17) is 0 Å². The number of para-hydroxylation sites is 1. The lowest BCUT2D eigenvalue weighted by atomic mass is 10.0. The molecular weight excluding hydrogens is 464 g/mol. The van der Waals surface area contributed by atoms with Crippen molar-refractivity contribution in [2.75, 3.05) is 18.4 Å². The van der Waals surface area contributed by atoms with E-state index in [2.05, 4.69) is 15.6 Å². The second-order valence-electron chi connectivity index (χ2n) is 9.12. The Morgan fingerprint density at radius 3 is 2.31 bits per heavy atom. The molecule has 0 aliphatic carbocycles. The SMILES string of the molecule is CC(=O)Nc1ccc(S(=O)(=O)N2CCC(NC(=O)c3cc(C(C)C)nc4ccccc34)CC2)cc1. The fraction of sp³-hybridized carbons (Fsp3) is 0.346. The van der Waals surface area contributed by atoms with Gasteiger partial charge in [0.25, 0.3) is 5.91 Å². The van der Waals surface area contributed by atoms with Gasteiger partial charge in [0.15, 0.2) is 0 Å². The first-order chi connectivity index (χ1) is 16.6. The zero-order valence-electron chi connectivity index (χ0n) is 20.1. The first-order valence-electron chi connectivity index (χ1n) is 11.7. The van der Waals surface area contributed by atoms with Gasteiger partial charge in [-0.05, 0) is 55.2 Å². The van der Waals surface area contributed by atoms with Crippen LogP contribution in [0, 0.1) is 0 Å². The highest BCUT2D eigenvalue weighted by Crippen LogP contribution is 2.25. The topological polar surface area (TPSA) is 108 Å². The molecule has 2 N–H and O–H groups in total. The Morgan fingerprint density at radius 2 is 1.69 bits per heavy atom. The van der Waals surface area contributed by atoms with Crippen molar-refractivity contribution in [3.05, 3.63) is 65.9 Å². The Bertz CT molecular complexity index is 1350. The molecule has 0 unspecified atom stereocenters. The monoisotopic (exact) mass is 494 g/mol. The Hall–Kier alpha value is -3.30. The predicted molar refractivity (Wildman–Crippen MR) is 136 cm³/mol. The molecule has 4 rings (SSSR count). The minimum Gasteiger partial charge on any atom is -0.349 e. The smallest absolute Gasteiger partial charge is 0.252 e. The molecule has 1 aliphatic rings. The van der Waals surface area contributed by atoms with E-state index in [1.165, 1.54) is 23.4 Å². The number of carbonyl (C=O) groups excluding carboxylic acids is 2. The van der Waals surface area contributed by atoms with Crippen molar-refractivity contribution in [2.24, 2.45) is 0 Å². The van der Waals surface area contributed by atoms with Crippen LogP contribution in [0.3, 0.4) is 0 Å². The Balaban J connectivity index is 1.43. The number of pyridine rings is 1. The van der Waals surface area contributed by atoms with Gasteiger partial charge in [-0.15, -0.1) is 0 Å². The summed E-state index contributed by atoms with van der Waals surface area (Å²) in [4.78, 5) is 29.2. The van der Waals surface area contributed by atoms with E-state index >= 15 is 0 Å². The fourth-order valence-corrected chi connectivity index (χ4v) is 5.72. The lowest BCUT2D eigenvalue weighted by Crippen LogP contribution is -2.46. The molecule has 2 heterocycles. The molecule has 2 aromatic carbocycles. The van der Waals surface area contributed by atoms with Crippen LogP contribution in [0.4, 0.5) is 5.69 Å². The number of sulfonamides is 1. The van der Waals surface area contributed by atoms with Crippen molar-refractivity contribution in [3.8, 4) is 0 Å². The van der Waals surface area contributed by atoms with Gasteiger partial charge in [-0.2, -0.15) is 4.31 Å². The standard InChI is InChI=1S/C26H30N4O4S/c1-17(2)25-16-23(22-6-4-5-7-24(22)29-25)26(32)28-20-12-14-30(15-13-20)35(33,34)21-10-8-19(9-11-21)27-18(3)31/h4-11,16-17,20H,12-15H2,1-3H3,(H,27,31)(H,28,32). The van der Waals surface area contributed by atoms with Crippen molar-refractivity contribution in [3.63, 3.8) is 0 Å². The Kier molecular flexibility index (Phi) is 7.18. The van der Waals surface area contributed by atoms with Gasteiger partial charge in [-0.1, -0.05) is 32.0 Å². The first kappa shape index (κ1) is 24.8. The molecule has 0 radical (unpaired) electrons. The third-order valence-corrected chi connectivity index (χ3v) is 8.09. The maximum absolute atomic E-state index is 13.2. The molecule has 35 heavy (non-hydrogen) atoms. The number of fused-ring (bicyclic) bond motifs is 1. The molecular formula is C26H30N4O4S. The quantitative estimate of drug-likeness (QED) is 0.540. The largest absolute Gasteiger partial charge is 0.349 e. The molecule has 0 atom stereocenters. The van der Waals surface area contributed by atoms with Gasteiger partial charge in [0, 0.05) is 42.8 Å². The lowest BCUT2D eigenvalue weighted by molar-refractivity contribution is -0.114. The van der Waals surface area contributed by atoms with E-state index in [0.29, 0.717) is 37.2 Å². The number of nitrogens with one attached hydrogen (secondary N) is 2. The van der Waals surface area contributed by atoms with E-state index in [1.807, 2.05) is 44.2 Å². The highest BCUT2D eigenvalue weighted by atomic mass is 32.2. The van der Waals surface area contributed by atoms with Gasteiger partial charge in [0.1, 0.15) is 0 Å². The van der Waals surface area contributed by atoms with Crippen LogP contribution in [0.1, 0.15) is 55.6 Å². The second-order valence-corrected chi connectivity index (χ2v) is 11.1. The third kappa shape index (κ3) is 5.52. The van der Waals surface area contributed by atoms with Gasteiger partial charge >= 0.3 is 0 Å². The van der Waals surface area contributed by atoms with Crippen LogP contribution in [0.15, 0.2) is 59.5 Å². The van der Waals surface area contributed by atoms with E-state index < -0.39 is 10.0 Å². The predicted octanol–water partition coefficient (Wildman–Crippen LogP) is 3.90. The fourth-order valence-electron chi connectivity index (χ4n) is 4.25. The molecule has 1 saturated heterocycles. The van der Waals surface area contributed by atoms with Gasteiger partial charge in [0.05, 0.1) is 16.0 Å². The minimum atomic E-state index is -3.66. The number of rotatable bonds is 6. The summed E-state index contributed by atoms with van der Waals surface area (Å²) in [5, 5.41) is 6.53. The number of hydrogen-bond donors (Lipinski definition) is 2. The van der Waals surface area contributed by atoms with Gasteiger partial charge in [-0.25, -0.2) is 8.42 Å². The maximum Gasteiger partial charge on any atom is 0.252 e. The number of anilines is 1. The van der Waals surface area contributed by atoms with Crippen LogP contribution in [0.5, 0.6) is 0 Å². The van der Waals surface area contributed by atoms with Gasteiger partial charge in [0.2, 0.25) is 15.9 Å². The highest BCUT2D eigenvalue weighted by molar-refractivity contribution is 7.89. The molecule has 0 saturated carbocycles. The molecule has 1 aromatic heterocycles. The van der Waals surface area contributed by atoms with Crippen LogP contribution in [-0.2, 0) is 14.8 Å². The van der Waals surface area contributed by atoms with E-state index in [0.717, 1.165) is 16.6 Å². The number of hydrogen-bond acceptors (Lipinski definition) is 5. The summed E-state index contributed by atoms with van der Waals surface area (Å²) < 4.78 is 27.6. The van der Waals surface area contributed by atoms with Crippen LogP contribution in [-0.4, -0.2) is 48.7 Å². The van der Waals surface area contributed by atoms with Gasteiger partial charge in [-0.3, -0.25) is 14.6 Å². The zero-order valence-corrected chi connectivity index (χ0v) is 20.9. The molecule has 1 fully saturated rings. The normalized spacial score (nSPS) is 15.3. The number of benzene rings is 2. The molecule has 0 bridgehead atoms. The van der Waals surface area contributed by atoms with E-state index in [1.54, 1.807) is 12.1 Å². The van der Waals surface area contributed by atoms with Crippen molar-refractivity contribution in [2.45, 2.75) is 50.5 Å². The molecule has 184 valence electrons. The lowest BCUT2D eigenvalue weighted by Gasteiger charge is -2.31. The summed E-state index contributed by atoms with van der Waals surface area (Å²) in [6.07, 6.45) is 1.05. The summed E-state index contributed by atoms with van der Waals surface area (Å²) in [5.41, 5.74) is 2.78. The number of aromatic nitrogens is 1. The highest BCUT2D eigenvalue weighted by Gasteiger charge is 2.30. The summed E-state index contributed by atoms with van der Waals surface area (Å²) in [6, 6.07) is 15.5. The molecule has 8 nitrogen and oxygen atoms in total. The van der Waals surface area contributed by atoms with Crippen LogP contribution in [0.25, 0.3) is 10.9 Å². The molecule has 2 amide bonds. The van der Waals surface area contributed by atoms with E-state index in [-0.39, 0.29) is 28.7 Å². The zero-order chi connectivity index (χ0) is 25.2. The number of piperidine rings is 1. The van der Waals surface area contributed by atoms with Crippen molar-refractivity contribution >= 4 is 38.4 Å². The summed E-state index contributed by atoms with van der Waals surface area (Å²) in [7, 11) is -3.66. The van der Waals surface area contributed by atoms with E-state index in [9.17, 15) is 18.0 Å². The Morgan fingerprint density at radius 1 is 1.03 bits per heavy atom. The van der Waals surface area contributed by atoms with Crippen LogP contribution >= 0.6 is 0 Å². The number of amides is 2. The van der Waals surface area contributed by atoms with Crippen molar-refractivity contribution in [1.29, 1.82) is 0 Å². The minimum absolute atomic E-state index is 0.120. The first-order valence-corrected chi connectivity index (χ1v) is 13.2. The molecule has 1 aliphatic heterocycles. The summed E-state index contributed by atoms with van der Waals surface area (Å²) in [5.74, 6) is -0.197. The second kappa shape index (κ2) is 10.1. The van der Waals surface area contributed by atoms with Gasteiger partial charge < -0.3 is 10.6 Å². The van der Waals surface area contributed by atoms with Crippen LogP contribution in [0.2, 0.25) is 0 Å². The van der Waals surface area contributed by atoms with Crippen LogP contribution < -0.4 is 10.6 Å². The average Bonchev–Trinajstić information content (AvgIpc) is 2.83. The molecule has 9 heteroatoms. The third-order valence-electron chi connectivity index (χ3n) is 6.17. The van der Waals surface area contributed by atoms with Crippen molar-refractivity contribution < 1.29 is 18.0 Å². The van der Waals surface area contributed by atoms with Crippen molar-refractivity contribution in [1.82, 2.24) is 14.6 Å². The summed E-state index contributed by atoms with van der Waals surface area (Å²) >= 11 is 0. The summed E-state index contributed by atoms with van der Waals surface area (Å²) in [6.45, 7) is 6.11. The Labute approximate surface area is 205 Å². The maximum atomic E-state index is 13.2. The number of carbonyl (C=O) groups is 2.